The first-order chi connectivity index (χ1) is 10.1. The summed E-state index contributed by atoms with van der Waals surface area (Å²) in [6, 6.07) is 11.4. The van der Waals surface area contributed by atoms with Crippen LogP contribution in [0.15, 0.2) is 47.4 Å². The van der Waals surface area contributed by atoms with Crippen LogP contribution in [0.3, 0.4) is 0 Å². The molecule has 0 saturated heterocycles. The molecule has 2 nitrogen and oxygen atoms in total. The Balaban J connectivity index is 2.04. The molecule has 0 spiro atoms. The van der Waals surface area contributed by atoms with E-state index in [9.17, 15) is 9.18 Å². The first-order valence-corrected chi connectivity index (χ1v) is 7.34. The zero-order valence-electron chi connectivity index (χ0n) is 11.8. The zero-order chi connectivity index (χ0) is 15.2. The number of carbonyl (C=O) groups is 1. The topological polar surface area (TPSA) is 26.3 Å². The van der Waals surface area contributed by atoms with Crippen molar-refractivity contribution in [3.05, 3.63) is 59.4 Å². The summed E-state index contributed by atoms with van der Waals surface area (Å²) in [4.78, 5) is 12.2. The molecule has 0 aliphatic carbocycles. The molecule has 0 saturated carbocycles. The van der Waals surface area contributed by atoms with Crippen molar-refractivity contribution < 1.29 is 13.9 Å². The number of rotatable bonds is 5. The molecule has 0 radical (unpaired) electrons. The van der Waals surface area contributed by atoms with Crippen molar-refractivity contribution in [2.24, 2.45) is 0 Å². The summed E-state index contributed by atoms with van der Waals surface area (Å²) in [6.07, 6.45) is 3.26. The fourth-order valence-electron chi connectivity index (χ4n) is 1.91. The molecule has 2 aromatic rings. The summed E-state index contributed by atoms with van der Waals surface area (Å²) < 4.78 is 18.5. The fourth-order valence-corrected chi connectivity index (χ4v) is 2.04. The molecule has 0 fully saturated rings. The minimum Gasteiger partial charge on any atom is -0.423 e. The van der Waals surface area contributed by atoms with E-state index in [2.05, 4.69) is 19.6 Å². The Labute approximate surface area is 129 Å². The fraction of sp³-hybridized carbons (Fsp3) is 0.235. The molecule has 110 valence electrons. The Bertz CT molecular complexity index is 623. The van der Waals surface area contributed by atoms with Crippen molar-refractivity contribution in [1.29, 1.82) is 0 Å². The summed E-state index contributed by atoms with van der Waals surface area (Å²) in [5, 5.41) is 0. The van der Waals surface area contributed by atoms with Crippen LogP contribution in [-0.2, 0) is 6.42 Å². The first-order valence-electron chi connectivity index (χ1n) is 6.90. The lowest BCUT2D eigenvalue weighted by molar-refractivity contribution is 0.0734. The number of unbranched alkanes of at least 4 members (excludes halogenated alkanes) is 1. The molecule has 0 atom stereocenters. The third-order valence-electron chi connectivity index (χ3n) is 3.14. The maximum absolute atomic E-state index is 13.3. The van der Waals surface area contributed by atoms with Crippen molar-refractivity contribution in [3.8, 4) is 5.75 Å². The molecule has 2 aromatic carbocycles. The number of benzene rings is 2. The van der Waals surface area contributed by atoms with E-state index in [1.807, 2.05) is 12.1 Å². The van der Waals surface area contributed by atoms with Crippen LogP contribution in [0.4, 0.5) is 4.39 Å². The van der Waals surface area contributed by atoms with Crippen LogP contribution in [0.2, 0.25) is 0 Å². The third kappa shape index (κ3) is 4.33. The monoisotopic (exact) mass is 304 g/mol. The van der Waals surface area contributed by atoms with Gasteiger partial charge in [0.25, 0.3) is 0 Å². The highest BCUT2D eigenvalue weighted by atomic mass is 32.1. The van der Waals surface area contributed by atoms with Gasteiger partial charge in [0.15, 0.2) is 0 Å². The molecule has 0 unspecified atom stereocenters. The van der Waals surface area contributed by atoms with E-state index < -0.39 is 11.8 Å². The number of esters is 1. The Morgan fingerprint density at radius 3 is 2.52 bits per heavy atom. The van der Waals surface area contributed by atoms with E-state index in [-0.39, 0.29) is 10.6 Å². The summed E-state index contributed by atoms with van der Waals surface area (Å²) in [6.45, 7) is 2.14. The predicted molar refractivity (Wildman–Crippen MR) is 83.7 cm³/mol. The Kier molecular flexibility index (Phi) is 5.39. The Hall–Kier alpha value is -1.81. The minimum absolute atomic E-state index is 0.172. The summed E-state index contributed by atoms with van der Waals surface area (Å²) in [5.74, 6) is -0.840. The molecule has 0 aliphatic heterocycles. The van der Waals surface area contributed by atoms with Gasteiger partial charge in [0.1, 0.15) is 11.6 Å². The lowest BCUT2D eigenvalue weighted by Gasteiger charge is -2.06. The van der Waals surface area contributed by atoms with Crippen molar-refractivity contribution in [2.75, 3.05) is 0 Å². The van der Waals surface area contributed by atoms with E-state index in [4.69, 9.17) is 4.74 Å². The van der Waals surface area contributed by atoms with Gasteiger partial charge in [-0.15, -0.1) is 12.6 Å². The van der Waals surface area contributed by atoms with Crippen LogP contribution < -0.4 is 4.74 Å². The molecule has 0 bridgehead atoms. The number of carbonyl (C=O) groups excluding carboxylic acids is 1. The van der Waals surface area contributed by atoms with Crippen LogP contribution in [0, 0.1) is 5.82 Å². The molecular formula is C17H17FO2S. The van der Waals surface area contributed by atoms with Crippen LogP contribution >= 0.6 is 12.6 Å². The van der Waals surface area contributed by atoms with Crippen molar-refractivity contribution >= 4 is 18.6 Å². The Morgan fingerprint density at radius 1 is 1.19 bits per heavy atom. The average molecular weight is 304 g/mol. The van der Waals surface area contributed by atoms with Gasteiger partial charge in [-0.05, 0) is 42.7 Å². The van der Waals surface area contributed by atoms with Crippen molar-refractivity contribution in [1.82, 2.24) is 0 Å². The number of aryl methyl sites for hydroxylation is 1. The van der Waals surface area contributed by atoms with Crippen LogP contribution in [0.1, 0.15) is 35.7 Å². The number of hydrogen-bond acceptors (Lipinski definition) is 3. The second-order valence-electron chi connectivity index (χ2n) is 4.80. The SMILES string of the molecule is CCCCc1ccc(C(=O)Oc2ccc(S)c(F)c2)cc1. The molecule has 0 aromatic heterocycles. The second-order valence-corrected chi connectivity index (χ2v) is 5.29. The van der Waals surface area contributed by atoms with E-state index in [0.717, 1.165) is 25.3 Å². The predicted octanol–water partition coefficient (Wildman–Crippen LogP) is 4.68. The number of hydrogen-bond donors (Lipinski definition) is 1. The summed E-state index contributed by atoms with van der Waals surface area (Å²) in [5.41, 5.74) is 1.64. The second kappa shape index (κ2) is 7.27. The zero-order valence-corrected chi connectivity index (χ0v) is 12.7. The van der Waals surface area contributed by atoms with Gasteiger partial charge in [-0.3, -0.25) is 0 Å². The molecule has 0 heterocycles. The van der Waals surface area contributed by atoms with Gasteiger partial charge >= 0.3 is 5.97 Å². The van der Waals surface area contributed by atoms with E-state index in [1.54, 1.807) is 12.1 Å². The average Bonchev–Trinajstić information content (AvgIpc) is 2.49. The molecule has 2 rings (SSSR count). The van der Waals surface area contributed by atoms with Crippen LogP contribution in [0.25, 0.3) is 0 Å². The quantitative estimate of drug-likeness (QED) is 0.493. The van der Waals surface area contributed by atoms with Crippen molar-refractivity contribution in [2.45, 2.75) is 31.1 Å². The Morgan fingerprint density at radius 2 is 1.90 bits per heavy atom. The van der Waals surface area contributed by atoms with Crippen LogP contribution in [0.5, 0.6) is 5.75 Å². The van der Waals surface area contributed by atoms with Gasteiger partial charge in [-0.1, -0.05) is 25.5 Å². The molecule has 4 heteroatoms. The van der Waals surface area contributed by atoms with Crippen LogP contribution in [-0.4, -0.2) is 5.97 Å². The molecular weight excluding hydrogens is 287 g/mol. The maximum Gasteiger partial charge on any atom is 0.343 e. The van der Waals surface area contributed by atoms with Gasteiger partial charge in [0, 0.05) is 11.0 Å². The maximum atomic E-state index is 13.3. The van der Waals surface area contributed by atoms with E-state index in [0.29, 0.717) is 5.56 Å². The smallest absolute Gasteiger partial charge is 0.343 e. The van der Waals surface area contributed by atoms with Crippen molar-refractivity contribution in [3.63, 3.8) is 0 Å². The normalized spacial score (nSPS) is 10.4. The third-order valence-corrected chi connectivity index (χ3v) is 3.50. The highest BCUT2D eigenvalue weighted by molar-refractivity contribution is 7.80. The summed E-state index contributed by atoms with van der Waals surface area (Å²) in [7, 11) is 0. The molecule has 0 N–H and O–H groups in total. The largest absolute Gasteiger partial charge is 0.423 e. The molecule has 21 heavy (non-hydrogen) atoms. The van der Waals surface area contributed by atoms with E-state index in [1.165, 1.54) is 17.7 Å². The summed E-state index contributed by atoms with van der Waals surface area (Å²) >= 11 is 3.93. The first kappa shape index (κ1) is 15.6. The highest BCUT2D eigenvalue weighted by Gasteiger charge is 2.10. The standard InChI is InChI=1S/C17H17FO2S/c1-2-3-4-12-5-7-13(8-6-12)17(19)20-14-9-10-16(21)15(18)11-14/h5-11,21H,2-4H2,1H3. The van der Waals surface area contributed by atoms with E-state index >= 15 is 0 Å². The molecule has 0 aliphatic rings. The lowest BCUT2D eigenvalue weighted by Crippen LogP contribution is -2.08. The van der Waals surface area contributed by atoms with Gasteiger partial charge in [-0.25, -0.2) is 9.18 Å². The van der Waals surface area contributed by atoms with Gasteiger partial charge in [-0.2, -0.15) is 0 Å². The minimum atomic E-state index is -0.515. The van der Waals surface area contributed by atoms with Gasteiger partial charge < -0.3 is 4.74 Å². The number of thiol groups is 1. The van der Waals surface area contributed by atoms with Gasteiger partial charge in [0.2, 0.25) is 0 Å². The molecule has 0 amide bonds. The lowest BCUT2D eigenvalue weighted by atomic mass is 10.1. The number of ether oxygens (including phenoxy) is 1. The number of halogens is 1. The highest BCUT2D eigenvalue weighted by Crippen LogP contribution is 2.20. The van der Waals surface area contributed by atoms with Gasteiger partial charge in [0.05, 0.1) is 5.56 Å².